The van der Waals surface area contributed by atoms with Gasteiger partial charge in [0.1, 0.15) is 6.54 Å². The third-order valence-electron chi connectivity index (χ3n) is 2.97. The molecule has 0 saturated carbocycles. The van der Waals surface area contributed by atoms with Crippen molar-refractivity contribution in [3.05, 3.63) is 0 Å². The summed E-state index contributed by atoms with van der Waals surface area (Å²) in [6.45, 7) is 4.71. The van der Waals surface area contributed by atoms with Gasteiger partial charge in [-0.05, 0) is 6.92 Å². The van der Waals surface area contributed by atoms with E-state index in [9.17, 15) is 9.59 Å². The standard InChI is InChI=1S/C10H17N3O2S.ClH/c1-8-4-11-2-3-13(8)9(14)5-12-7-16-6-10(12)15;/h8,11H,2-7H2,1H3;1H/t8-;/m0./s1. The maximum Gasteiger partial charge on any atom is 0.242 e. The summed E-state index contributed by atoms with van der Waals surface area (Å²) in [5.41, 5.74) is 0. The number of hydrogen-bond donors (Lipinski definition) is 1. The second-order valence-electron chi connectivity index (χ2n) is 4.21. The first-order valence-corrected chi connectivity index (χ1v) is 6.69. The molecule has 17 heavy (non-hydrogen) atoms. The van der Waals surface area contributed by atoms with Crippen LogP contribution in [0.3, 0.4) is 0 Å². The maximum absolute atomic E-state index is 12.0. The predicted octanol–water partition coefficient (Wildman–Crippen LogP) is -0.239. The van der Waals surface area contributed by atoms with Gasteiger partial charge >= 0.3 is 0 Å². The Bertz CT molecular complexity index is 303. The number of thioether (sulfide) groups is 1. The molecule has 0 spiro atoms. The predicted molar refractivity (Wildman–Crippen MR) is 70.3 cm³/mol. The highest BCUT2D eigenvalue weighted by atomic mass is 35.5. The molecular weight excluding hydrogens is 262 g/mol. The summed E-state index contributed by atoms with van der Waals surface area (Å²) >= 11 is 1.57. The lowest BCUT2D eigenvalue weighted by Gasteiger charge is -2.34. The number of hydrogen-bond acceptors (Lipinski definition) is 4. The molecule has 5 nitrogen and oxygen atoms in total. The van der Waals surface area contributed by atoms with Gasteiger partial charge in [-0.15, -0.1) is 24.2 Å². The molecule has 0 aromatic rings. The first-order valence-electron chi connectivity index (χ1n) is 5.54. The first kappa shape index (κ1) is 14.6. The van der Waals surface area contributed by atoms with E-state index in [0.717, 1.165) is 19.6 Å². The number of piperazine rings is 1. The average molecular weight is 280 g/mol. The summed E-state index contributed by atoms with van der Waals surface area (Å²) in [5.74, 6) is 1.33. The molecule has 98 valence electrons. The largest absolute Gasteiger partial charge is 0.336 e. The SMILES string of the molecule is C[C@H]1CNCCN1C(=O)CN1CSCC1=O.Cl. The molecule has 0 radical (unpaired) electrons. The van der Waals surface area contributed by atoms with Crippen LogP contribution >= 0.6 is 24.2 Å². The first-order chi connectivity index (χ1) is 7.68. The van der Waals surface area contributed by atoms with E-state index in [2.05, 4.69) is 5.32 Å². The van der Waals surface area contributed by atoms with Crippen molar-refractivity contribution < 1.29 is 9.59 Å². The van der Waals surface area contributed by atoms with Gasteiger partial charge in [0, 0.05) is 25.7 Å². The van der Waals surface area contributed by atoms with Crippen LogP contribution in [0.1, 0.15) is 6.92 Å². The van der Waals surface area contributed by atoms with Gasteiger partial charge in [0.05, 0.1) is 11.6 Å². The number of nitrogens with one attached hydrogen (secondary N) is 1. The molecule has 0 bridgehead atoms. The molecule has 2 aliphatic rings. The van der Waals surface area contributed by atoms with Crippen LogP contribution in [0, 0.1) is 0 Å². The van der Waals surface area contributed by atoms with E-state index < -0.39 is 0 Å². The molecule has 1 N–H and O–H groups in total. The van der Waals surface area contributed by atoms with Crippen molar-refractivity contribution in [2.24, 2.45) is 0 Å². The normalized spacial score (nSPS) is 24.8. The summed E-state index contributed by atoms with van der Waals surface area (Å²) in [4.78, 5) is 26.9. The van der Waals surface area contributed by atoms with Gasteiger partial charge in [0.15, 0.2) is 0 Å². The van der Waals surface area contributed by atoms with Crippen LogP contribution in [0.15, 0.2) is 0 Å². The van der Waals surface area contributed by atoms with E-state index in [0.29, 0.717) is 11.6 Å². The van der Waals surface area contributed by atoms with Crippen LogP contribution in [0.4, 0.5) is 0 Å². The molecule has 0 aromatic heterocycles. The van der Waals surface area contributed by atoms with E-state index in [1.165, 1.54) is 0 Å². The van der Waals surface area contributed by atoms with Crippen molar-refractivity contribution in [3.63, 3.8) is 0 Å². The zero-order valence-electron chi connectivity index (χ0n) is 9.85. The third-order valence-corrected chi connectivity index (χ3v) is 3.92. The Labute approximate surface area is 112 Å². The van der Waals surface area contributed by atoms with E-state index >= 15 is 0 Å². The molecule has 0 aliphatic carbocycles. The third kappa shape index (κ3) is 3.50. The van der Waals surface area contributed by atoms with Crippen LogP contribution in [0.5, 0.6) is 0 Å². The quantitative estimate of drug-likeness (QED) is 0.758. The topological polar surface area (TPSA) is 52.7 Å². The molecule has 2 heterocycles. The molecule has 2 saturated heterocycles. The Morgan fingerprint density at radius 1 is 1.59 bits per heavy atom. The van der Waals surface area contributed by atoms with Gasteiger partial charge in [-0.1, -0.05) is 0 Å². The molecular formula is C10H18ClN3O2S. The summed E-state index contributed by atoms with van der Waals surface area (Å²) in [7, 11) is 0. The molecule has 0 unspecified atom stereocenters. The Kier molecular flexibility index (Phi) is 5.55. The highest BCUT2D eigenvalue weighted by Crippen LogP contribution is 2.15. The van der Waals surface area contributed by atoms with Crippen molar-refractivity contribution in [1.29, 1.82) is 0 Å². The molecule has 0 aromatic carbocycles. The Morgan fingerprint density at radius 2 is 2.35 bits per heavy atom. The minimum atomic E-state index is 0. The summed E-state index contributed by atoms with van der Waals surface area (Å²) in [6.07, 6.45) is 0. The minimum absolute atomic E-state index is 0. The van der Waals surface area contributed by atoms with Crippen molar-refractivity contribution in [3.8, 4) is 0 Å². The zero-order valence-corrected chi connectivity index (χ0v) is 11.5. The van der Waals surface area contributed by atoms with Crippen molar-refractivity contribution in [2.75, 3.05) is 37.8 Å². The highest BCUT2D eigenvalue weighted by Gasteiger charge is 2.28. The number of rotatable bonds is 2. The van der Waals surface area contributed by atoms with E-state index in [1.54, 1.807) is 16.7 Å². The molecule has 2 rings (SSSR count). The summed E-state index contributed by atoms with van der Waals surface area (Å²) in [6, 6.07) is 0.228. The molecule has 7 heteroatoms. The van der Waals surface area contributed by atoms with E-state index in [4.69, 9.17) is 0 Å². The Balaban J connectivity index is 0.00000144. The van der Waals surface area contributed by atoms with Crippen LogP contribution < -0.4 is 5.32 Å². The van der Waals surface area contributed by atoms with Crippen molar-refractivity contribution >= 4 is 36.0 Å². The Hall–Kier alpha value is -0.460. The average Bonchev–Trinajstić information content (AvgIpc) is 2.65. The van der Waals surface area contributed by atoms with Gasteiger partial charge < -0.3 is 15.1 Å². The van der Waals surface area contributed by atoms with E-state index in [1.807, 2.05) is 11.8 Å². The van der Waals surface area contributed by atoms with Gasteiger partial charge in [-0.2, -0.15) is 0 Å². The number of carbonyl (C=O) groups is 2. The maximum atomic E-state index is 12.0. The lowest BCUT2D eigenvalue weighted by Crippen LogP contribution is -2.54. The second-order valence-corrected chi connectivity index (χ2v) is 5.16. The van der Waals surface area contributed by atoms with Gasteiger partial charge in [-0.25, -0.2) is 0 Å². The summed E-state index contributed by atoms with van der Waals surface area (Å²) < 4.78 is 0. The molecule has 1 atom stereocenters. The molecule has 2 fully saturated rings. The monoisotopic (exact) mass is 279 g/mol. The highest BCUT2D eigenvalue weighted by molar-refractivity contribution is 8.00. The Morgan fingerprint density at radius 3 is 2.94 bits per heavy atom. The number of carbonyl (C=O) groups excluding carboxylic acids is 2. The zero-order chi connectivity index (χ0) is 11.5. The molecule has 2 aliphatic heterocycles. The van der Waals surface area contributed by atoms with Crippen LogP contribution in [-0.2, 0) is 9.59 Å². The lowest BCUT2D eigenvalue weighted by molar-refractivity contribution is -0.139. The molecule has 2 amide bonds. The second kappa shape index (κ2) is 6.47. The summed E-state index contributed by atoms with van der Waals surface area (Å²) in [5, 5.41) is 3.24. The van der Waals surface area contributed by atoms with Gasteiger partial charge in [0.2, 0.25) is 11.8 Å². The van der Waals surface area contributed by atoms with Gasteiger partial charge in [-0.3, -0.25) is 9.59 Å². The van der Waals surface area contributed by atoms with Crippen LogP contribution in [0.2, 0.25) is 0 Å². The van der Waals surface area contributed by atoms with Crippen LogP contribution in [-0.4, -0.2) is 65.5 Å². The number of halogens is 1. The fourth-order valence-electron chi connectivity index (χ4n) is 2.01. The van der Waals surface area contributed by atoms with Crippen molar-refractivity contribution in [2.45, 2.75) is 13.0 Å². The van der Waals surface area contributed by atoms with E-state index in [-0.39, 0.29) is 36.8 Å². The van der Waals surface area contributed by atoms with Gasteiger partial charge in [0.25, 0.3) is 0 Å². The van der Waals surface area contributed by atoms with Crippen LogP contribution in [0.25, 0.3) is 0 Å². The minimum Gasteiger partial charge on any atom is -0.336 e. The number of nitrogens with zero attached hydrogens (tertiary/aromatic N) is 2. The van der Waals surface area contributed by atoms with Crippen molar-refractivity contribution in [1.82, 2.24) is 15.1 Å². The smallest absolute Gasteiger partial charge is 0.242 e. The lowest BCUT2D eigenvalue weighted by atomic mass is 10.2. The fraction of sp³-hybridized carbons (Fsp3) is 0.800. The fourth-order valence-corrected chi connectivity index (χ4v) is 2.91. The number of amides is 2.